The predicted octanol–water partition coefficient (Wildman–Crippen LogP) is 2.43. The van der Waals surface area contributed by atoms with Crippen LogP contribution >= 0.6 is 0 Å². The van der Waals surface area contributed by atoms with Crippen molar-refractivity contribution in [1.82, 2.24) is 9.88 Å². The van der Waals surface area contributed by atoms with Gasteiger partial charge in [-0.2, -0.15) is 0 Å². The highest BCUT2D eigenvalue weighted by molar-refractivity contribution is 5.92. The molecule has 1 aliphatic rings. The minimum absolute atomic E-state index is 0.271. The number of nitrogens with zero attached hydrogens (tertiary/aromatic N) is 3. The molecule has 2 atom stereocenters. The molecule has 1 aromatic heterocycles. The third-order valence-corrected chi connectivity index (χ3v) is 4.41. The van der Waals surface area contributed by atoms with Crippen LogP contribution in [-0.2, 0) is 0 Å². The molecule has 2 aromatic rings. The molecule has 0 bridgehead atoms. The molecule has 0 radical (unpaired) electrons. The van der Waals surface area contributed by atoms with Gasteiger partial charge in [0.25, 0.3) is 0 Å². The van der Waals surface area contributed by atoms with E-state index in [1.54, 1.807) is 0 Å². The van der Waals surface area contributed by atoms with E-state index in [0.717, 1.165) is 37.7 Å². The highest BCUT2D eigenvalue weighted by Crippen LogP contribution is 2.27. The molecule has 22 heavy (non-hydrogen) atoms. The van der Waals surface area contributed by atoms with Crippen LogP contribution in [0.3, 0.4) is 0 Å². The first-order valence-corrected chi connectivity index (χ1v) is 8.08. The number of aryl methyl sites for hydroxylation is 1. The third kappa shape index (κ3) is 3.08. The van der Waals surface area contributed by atoms with Crippen molar-refractivity contribution in [2.75, 3.05) is 31.1 Å². The van der Waals surface area contributed by atoms with Gasteiger partial charge in [0, 0.05) is 43.3 Å². The first-order chi connectivity index (χ1) is 10.5. The molecule has 0 unspecified atom stereocenters. The van der Waals surface area contributed by atoms with Crippen molar-refractivity contribution in [3.8, 4) is 0 Å². The highest BCUT2D eigenvalue weighted by Gasteiger charge is 2.26. The van der Waals surface area contributed by atoms with Gasteiger partial charge in [-0.1, -0.05) is 24.3 Å². The minimum Gasteiger partial charge on any atom is -0.392 e. The Morgan fingerprint density at radius 1 is 1.32 bits per heavy atom. The Balaban J connectivity index is 1.87. The monoisotopic (exact) mass is 299 g/mol. The molecule has 4 heteroatoms. The molecule has 118 valence electrons. The lowest BCUT2D eigenvalue weighted by Crippen LogP contribution is -2.53. The number of rotatable bonds is 3. The number of pyridine rings is 1. The first-order valence-electron chi connectivity index (χ1n) is 8.08. The maximum atomic E-state index is 9.62. The lowest BCUT2D eigenvalue weighted by atomic mass is 10.1. The molecule has 1 saturated heterocycles. The van der Waals surface area contributed by atoms with Crippen LogP contribution in [0.1, 0.15) is 19.5 Å². The van der Waals surface area contributed by atoms with E-state index in [0.29, 0.717) is 6.04 Å². The average molecular weight is 299 g/mol. The molecule has 0 aliphatic carbocycles. The molecule has 1 N–H and O–H groups in total. The van der Waals surface area contributed by atoms with Crippen LogP contribution in [0.25, 0.3) is 10.8 Å². The molecular formula is C18H25N3O. The molecule has 4 nitrogen and oxygen atoms in total. The van der Waals surface area contributed by atoms with Crippen molar-refractivity contribution < 1.29 is 5.11 Å². The summed E-state index contributed by atoms with van der Waals surface area (Å²) in [7, 11) is 0. The SMILES string of the molecule is Cc1cc2ccccc2c(N2CCN(C[C@@H](C)O)[C@H](C)C2)n1. The number of anilines is 1. The summed E-state index contributed by atoms with van der Waals surface area (Å²) in [5.41, 5.74) is 1.06. The fourth-order valence-corrected chi connectivity index (χ4v) is 3.35. The number of aliphatic hydroxyl groups excluding tert-OH is 1. The fourth-order valence-electron chi connectivity index (χ4n) is 3.35. The normalized spacial score (nSPS) is 21.3. The Morgan fingerprint density at radius 2 is 2.09 bits per heavy atom. The summed E-state index contributed by atoms with van der Waals surface area (Å²) in [6.45, 7) is 9.77. The highest BCUT2D eigenvalue weighted by atomic mass is 16.3. The second kappa shape index (κ2) is 6.23. The lowest BCUT2D eigenvalue weighted by Gasteiger charge is -2.41. The summed E-state index contributed by atoms with van der Waals surface area (Å²) >= 11 is 0. The second-order valence-electron chi connectivity index (χ2n) is 6.45. The summed E-state index contributed by atoms with van der Waals surface area (Å²) in [6.07, 6.45) is -0.271. The van der Waals surface area contributed by atoms with Crippen molar-refractivity contribution in [3.63, 3.8) is 0 Å². The van der Waals surface area contributed by atoms with Crippen LogP contribution < -0.4 is 4.90 Å². The van der Waals surface area contributed by atoms with Crippen LogP contribution in [0.2, 0.25) is 0 Å². The molecule has 1 aliphatic heterocycles. The summed E-state index contributed by atoms with van der Waals surface area (Å²) in [6, 6.07) is 11.0. The zero-order valence-electron chi connectivity index (χ0n) is 13.7. The van der Waals surface area contributed by atoms with Crippen LogP contribution in [0.4, 0.5) is 5.82 Å². The topological polar surface area (TPSA) is 39.6 Å². The van der Waals surface area contributed by atoms with Crippen molar-refractivity contribution in [2.24, 2.45) is 0 Å². The Morgan fingerprint density at radius 3 is 2.82 bits per heavy atom. The fraction of sp³-hybridized carbons (Fsp3) is 0.500. The zero-order valence-corrected chi connectivity index (χ0v) is 13.7. The van der Waals surface area contributed by atoms with Gasteiger partial charge < -0.3 is 10.0 Å². The molecular weight excluding hydrogens is 274 g/mol. The standard InChI is InChI=1S/C18H25N3O/c1-13-10-16-6-4-5-7-17(16)18(19-13)21-9-8-20(12-15(3)22)14(2)11-21/h4-7,10,14-15,22H,8-9,11-12H2,1-3H3/t14-,15-/m1/s1. The number of aromatic nitrogens is 1. The number of hydrogen-bond acceptors (Lipinski definition) is 4. The van der Waals surface area contributed by atoms with E-state index in [1.807, 2.05) is 6.92 Å². The molecule has 0 spiro atoms. The van der Waals surface area contributed by atoms with E-state index in [9.17, 15) is 5.11 Å². The van der Waals surface area contributed by atoms with E-state index < -0.39 is 0 Å². The zero-order chi connectivity index (χ0) is 15.7. The Kier molecular flexibility index (Phi) is 4.32. The Hall–Kier alpha value is -1.65. The maximum absolute atomic E-state index is 9.62. The van der Waals surface area contributed by atoms with E-state index >= 15 is 0 Å². The summed E-state index contributed by atoms with van der Waals surface area (Å²) in [5.74, 6) is 1.10. The van der Waals surface area contributed by atoms with Crippen LogP contribution in [0.15, 0.2) is 30.3 Å². The third-order valence-electron chi connectivity index (χ3n) is 4.41. The molecule has 0 saturated carbocycles. The molecule has 3 rings (SSSR count). The van der Waals surface area contributed by atoms with E-state index in [-0.39, 0.29) is 6.10 Å². The Labute approximate surface area is 132 Å². The van der Waals surface area contributed by atoms with Crippen molar-refractivity contribution >= 4 is 16.6 Å². The number of β-amino-alcohol motifs (C(OH)–C–C–N with tert-alkyl or cyclic N) is 1. The number of benzene rings is 1. The van der Waals surface area contributed by atoms with Gasteiger partial charge in [-0.15, -0.1) is 0 Å². The van der Waals surface area contributed by atoms with Crippen molar-refractivity contribution in [2.45, 2.75) is 32.9 Å². The number of fused-ring (bicyclic) bond motifs is 1. The molecule has 1 aromatic carbocycles. The smallest absolute Gasteiger partial charge is 0.136 e. The van der Waals surface area contributed by atoms with Gasteiger partial charge in [0.15, 0.2) is 0 Å². The van der Waals surface area contributed by atoms with Crippen molar-refractivity contribution in [1.29, 1.82) is 0 Å². The van der Waals surface area contributed by atoms with Gasteiger partial charge in [-0.05, 0) is 32.2 Å². The van der Waals surface area contributed by atoms with E-state index in [1.165, 1.54) is 10.8 Å². The predicted molar refractivity (Wildman–Crippen MR) is 91.4 cm³/mol. The quantitative estimate of drug-likeness (QED) is 0.945. The van der Waals surface area contributed by atoms with Gasteiger partial charge >= 0.3 is 0 Å². The molecule has 1 fully saturated rings. The minimum atomic E-state index is -0.271. The number of piperazine rings is 1. The van der Waals surface area contributed by atoms with Crippen molar-refractivity contribution in [3.05, 3.63) is 36.0 Å². The largest absolute Gasteiger partial charge is 0.392 e. The van der Waals surface area contributed by atoms with Gasteiger partial charge in [0.05, 0.1) is 6.10 Å². The average Bonchev–Trinajstić information content (AvgIpc) is 2.48. The van der Waals surface area contributed by atoms with Gasteiger partial charge in [0.1, 0.15) is 5.82 Å². The number of hydrogen-bond donors (Lipinski definition) is 1. The number of aliphatic hydroxyl groups is 1. The lowest BCUT2D eigenvalue weighted by molar-refractivity contribution is 0.0959. The van der Waals surface area contributed by atoms with Crippen LogP contribution in [-0.4, -0.2) is 53.3 Å². The van der Waals surface area contributed by atoms with E-state index in [2.05, 4.69) is 54.0 Å². The van der Waals surface area contributed by atoms with E-state index in [4.69, 9.17) is 4.98 Å². The second-order valence-corrected chi connectivity index (χ2v) is 6.45. The maximum Gasteiger partial charge on any atom is 0.136 e. The van der Waals surface area contributed by atoms with Gasteiger partial charge in [-0.25, -0.2) is 4.98 Å². The summed E-state index contributed by atoms with van der Waals surface area (Å²) < 4.78 is 0. The molecule has 2 heterocycles. The van der Waals surface area contributed by atoms with Gasteiger partial charge in [-0.3, -0.25) is 4.90 Å². The first kappa shape index (κ1) is 15.3. The van der Waals surface area contributed by atoms with Gasteiger partial charge in [0.2, 0.25) is 0 Å². The summed E-state index contributed by atoms with van der Waals surface area (Å²) in [5, 5.41) is 12.1. The Bertz CT molecular complexity index is 656. The van der Waals surface area contributed by atoms with Crippen LogP contribution in [0, 0.1) is 6.92 Å². The van der Waals surface area contributed by atoms with Crippen LogP contribution in [0.5, 0.6) is 0 Å². The molecule has 0 amide bonds. The summed E-state index contributed by atoms with van der Waals surface area (Å²) in [4.78, 5) is 9.55.